The molecule has 7 rings (SSSR count). The number of Topliss-reactive ketones (excluding diaryl/α,β-unsaturated/α-hetero) is 1. The number of carbonyl (C=O) groups excluding carboxylic acids is 5. The molecule has 29 N–H and O–H groups in total. The largest absolute Gasteiger partial charge is 0.477 e. The molecule has 40 atom stereocenters. The zero-order valence-electron chi connectivity index (χ0n) is 80.2. The normalized spacial score (nSPS) is 36.5. The lowest BCUT2D eigenvalue weighted by Gasteiger charge is -2.53. The fourth-order valence-corrected chi connectivity index (χ4v) is 18.7. The predicted octanol–water partition coefficient (Wildman–Crippen LogP) is -7.94. The molecule has 7 fully saturated rings. The molecule has 816 valence electrons. The van der Waals surface area contributed by atoms with Crippen LogP contribution in [0.4, 0.5) is 0 Å². The van der Waals surface area contributed by atoms with Crippen molar-refractivity contribution in [2.75, 3.05) is 52.9 Å². The van der Waals surface area contributed by atoms with E-state index in [4.69, 9.17) is 66.3 Å². The van der Waals surface area contributed by atoms with Crippen LogP contribution in [-0.2, 0) is 105 Å². The molecule has 51 nitrogen and oxygen atoms in total. The Bertz CT molecular complexity index is 3800. The van der Waals surface area contributed by atoms with Gasteiger partial charge in [0.1, 0.15) is 146 Å². The van der Waals surface area contributed by atoms with Crippen LogP contribution in [0.1, 0.15) is 208 Å². The minimum Gasteiger partial charge on any atom is -0.477 e. The number of hydrogen-bond donors (Lipinski definition) is 29. The van der Waals surface area contributed by atoms with Gasteiger partial charge in [0.2, 0.25) is 23.6 Å². The molecule has 0 radical (unpaired) electrons. The van der Waals surface area contributed by atoms with Crippen molar-refractivity contribution < 1.29 is 232 Å². The van der Waals surface area contributed by atoms with Crippen molar-refractivity contribution in [1.29, 1.82) is 0 Å². The molecule has 7 aliphatic heterocycles. The number of allylic oxidation sites excluding steroid dienone is 1. The van der Waals surface area contributed by atoms with Gasteiger partial charge in [0, 0.05) is 58.8 Å². The highest BCUT2D eigenvalue weighted by atomic mass is 16.8. The molecule has 0 saturated carbocycles. The number of unbranched alkanes of at least 4 members (excludes halogenated alkanes) is 19. The summed E-state index contributed by atoms with van der Waals surface area (Å²) >= 11 is 0. The van der Waals surface area contributed by atoms with Gasteiger partial charge in [0.25, 0.3) is 17.4 Å². The Kier molecular flexibility index (Phi) is 51.0. The smallest absolute Gasteiger partial charge is 0.364 e. The van der Waals surface area contributed by atoms with Crippen LogP contribution in [0, 0.1) is 5.92 Å². The van der Waals surface area contributed by atoms with E-state index in [0.717, 1.165) is 124 Å². The van der Waals surface area contributed by atoms with E-state index >= 15 is 0 Å². The van der Waals surface area contributed by atoms with Crippen molar-refractivity contribution in [3.63, 3.8) is 0 Å². The fraction of sp³-hybridized carbons (Fsp3) is 0.889. The maximum Gasteiger partial charge on any atom is 0.364 e. The molecule has 7 saturated heterocycles. The topological polar surface area (TPSA) is 820 Å². The Balaban J connectivity index is 1.26. The SMILES string of the molecule is CCCCCCCCCCCCC/C=C\[C@@H](O)[C@H](CO[C@@H]1O[C@H](CO)[C@@H](O[C@@H]2O[C@H](CO)[C@H](O[C@@H]3O[C@H](CO)[C@H](O)[C@H](O[C@@H]4O[C@H](CO)[C@H](O)[C@H](O)[C@H]4O)[C@H]3CC(C)=O)[C@H](O[C@]3(C(=O)O)C[C@H](O)[C@@H](NC(C)=O)C([C@H](O)[C@@H](CO)O[C@]4(C(=O)O)C[C@H](O)[C@@H](NC(C)=O)C([C@H](O)[C@@H](CO)O[C@]5(C(=O)O)C[C@H](O)[C@@H](NC(C)=O)C([C@H](O)[C@H](O)CO)O5)O4)O3)[C@H]2O)[C@H](O)[C@H]1O)NC(=O)CCCCCCCCCCC. The maximum atomic E-state index is 14.6. The third-order valence-electron chi connectivity index (χ3n) is 26.4. The molecule has 0 spiro atoms. The average molecular weight is 2040 g/mol. The van der Waals surface area contributed by atoms with E-state index in [1.165, 1.54) is 31.8 Å². The van der Waals surface area contributed by atoms with Gasteiger partial charge in [-0.05, 0) is 26.2 Å². The first-order valence-corrected chi connectivity index (χ1v) is 48.6. The Morgan fingerprint density at radius 3 is 1.23 bits per heavy atom. The van der Waals surface area contributed by atoms with Gasteiger partial charge in [-0.15, -0.1) is 0 Å². The number of ketones is 1. The zero-order valence-corrected chi connectivity index (χ0v) is 80.2. The number of ether oxygens (including phenoxy) is 14. The molecule has 141 heavy (non-hydrogen) atoms. The predicted molar refractivity (Wildman–Crippen MR) is 475 cm³/mol. The quantitative estimate of drug-likeness (QED) is 0.0199. The van der Waals surface area contributed by atoms with Crippen molar-refractivity contribution in [1.82, 2.24) is 21.3 Å². The van der Waals surface area contributed by atoms with Crippen molar-refractivity contribution in [3.05, 3.63) is 12.2 Å². The van der Waals surface area contributed by atoms with E-state index in [9.17, 15) is 166 Å². The molecule has 7 heterocycles. The minimum absolute atomic E-state index is 0.0535. The van der Waals surface area contributed by atoms with Crippen molar-refractivity contribution >= 4 is 47.3 Å². The molecule has 7 aliphatic rings. The number of aliphatic hydroxyl groups excluding tert-OH is 22. The second-order valence-corrected chi connectivity index (χ2v) is 37.4. The van der Waals surface area contributed by atoms with Gasteiger partial charge in [0.15, 0.2) is 25.2 Å². The van der Waals surface area contributed by atoms with Crippen LogP contribution in [0.25, 0.3) is 0 Å². The van der Waals surface area contributed by atoms with E-state index in [2.05, 4.69) is 35.1 Å². The summed E-state index contributed by atoms with van der Waals surface area (Å²) in [5.41, 5.74) is 0. The first-order chi connectivity index (χ1) is 66.9. The van der Waals surface area contributed by atoms with E-state index < -0.39 is 369 Å². The third kappa shape index (κ3) is 33.1. The summed E-state index contributed by atoms with van der Waals surface area (Å²) in [6, 6.07) is -7.45. The number of carboxylic acids is 3. The first kappa shape index (κ1) is 122. The second-order valence-electron chi connectivity index (χ2n) is 37.4. The molecule has 0 aromatic heterocycles. The lowest BCUT2D eigenvalue weighted by atomic mass is 9.86. The highest BCUT2D eigenvalue weighted by molar-refractivity contribution is 5.79. The Hall–Kier alpha value is -5.74. The van der Waals surface area contributed by atoms with Crippen molar-refractivity contribution in [2.24, 2.45) is 5.92 Å². The van der Waals surface area contributed by atoms with E-state index in [0.29, 0.717) is 12.8 Å². The van der Waals surface area contributed by atoms with Gasteiger partial charge in [0.05, 0.1) is 108 Å². The Labute approximate surface area is 814 Å². The number of aliphatic hydroxyl groups is 22. The van der Waals surface area contributed by atoms with E-state index in [1.807, 2.05) is 0 Å². The number of rotatable bonds is 61. The van der Waals surface area contributed by atoms with Crippen molar-refractivity contribution in [2.45, 2.75) is 446 Å². The van der Waals surface area contributed by atoms with Gasteiger partial charge in [-0.25, -0.2) is 14.4 Å². The van der Waals surface area contributed by atoms with Crippen LogP contribution in [0.3, 0.4) is 0 Å². The number of carboxylic acid groups (broad SMARTS) is 3. The van der Waals surface area contributed by atoms with Gasteiger partial charge in [-0.1, -0.05) is 142 Å². The second kappa shape index (κ2) is 58.9. The molecule has 0 aromatic rings. The summed E-state index contributed by atoms with van der Waals surface area (Å²) in [6.45, 7) is -2.25. The highest BCUT2D eigenvalue weighted by Gasteiger charge is 2.66. The van der Waals surface area contributed by atoms with Gasteiger partial charge >= 0.3 is 17.9 Å². The number of hydrogen-bond acceptors (Lipinski definition) is 44. The summed E-state index contributed by atoms with van der Waals surface area (Å²) in [6.07, 6.45) is -54.9. The zero-order chi connectivity index (χ0) is 105. The Morgan fingerprint density at radius 2 is 0.787 bits per heavy atom. The molecule has 3 unspecified atom stereocenters. The van der Waals surface area contributed by atoms with Gasteiger partial charge in [-0.3, -0.25) is 19.2 Å². The van der Waals surface area contributed by atoms with Crippen LogP contribution in [0.2, 0.25) is 0 Å². The lowest BCUT2D eigenvalue weighted by Crippen LogP contribution is -2.72. The summed E-state index contributed by atoms with van der Waals surface area (Å²) in [4.78, 5) is 108. The number of amides is 4. The minimum atomic E-state index is -3.81. The average Bonchev–Trinajstić information content (AvgIpc) is 0.745. The standard InChI is InChI=1S/C90H154N4O47/c1-7-9-11-13-15-17-18-19-20-22-23-25-27-29-49(106)48(94-60(111)30-28-26-24-21-16-14-12-10-8-2)42-128-82-72(120)70(118)75(58(40-100)131-82)134-84-73(121)80(76(59(41-101)132-84)135-81-47(31-43(3)102)74(66(114)55(37-97)129-81)133-83-71(119)69(117)65(113)54(36-96)130-83)141-90(87(126)127)34-52(109)63(93-46(6)105)79(140-90)68(116)57(39-99)137-89(86(124)125)33-51(108)62(92-45(5)104)78(139-89)67(115)56(38-98)136-88(85(122)123)32-50(107)61(91-44(4)103)77(138-88)64(112)53(110)35-95/h27,29,47-59,61-84,95-101,106-110,112-121H,7-26,28,30-42H2,1-6H3,(H,91,103)(H,92,104)(H,93,105)(H,94,111)(H,122,123)(H,124,125)(H,126,127)/b29-27-/t47-,48+,49-,50+,51+,52+,53-,54-,55-,56-,57-,58-,59-,61-,62-,63-,64-,65+,66+,67-,68-,69+,70-,71-,72-,73-,74-,75-,76+,77?,78?,79?,80-,81+,82-,83+,84+,88-,89-,90+/m1/s1. The fourth-order valence-electron chi connectivity index (χ4n) is 18.7. The third-order valence-corrected chi connectivity index (χ3v) is 26.4. The maximum absolute atomic E-state index is 14.6. The van der Waals surface area contributed by atoms with Gasteiger partial charge in [-0.2, -0.15) is 0 Å². The van der Waals surface area contributed by atoms with E-state index in [1.54, 1.807) is 6.08 Å². The van der Waals surface area contributed by atoms with Crippen LogP contribution in [0.5, 0.6) is 0 Å². The number of nitrogens with one attached hydrogen (secondary N) is 4. The van der Waals surface area contributed by atoms with Crippen molar-refractivity contribution in [3.8, 4) is 0 Å². The Morgan fingerprint density at radius 1 is 0.404 bits per heavy atom. The molecular formula is C90H154N4O47. The summed E-state index contributed by atoms with van der Waals surface area (Å²) in [7, 11) is 0. The molecule has 51 heteroatoms. The highest BCUT2D eigenvalue weighted by Crippen LogP contribution is 2.46. The van der Waals surface area contributed by atoms with Crippen LogP contribution >= 0.6 is 0 Å². The number of aliphatic carboxylic acids is 3. The van der Waals surface area contributed by atoms with Gasteiger partial charge < -0.3 is 220 Å². The van der Waals surface area contributed by atoms with Crippen LogP contribution in [-0.4, -0.2) is 465 Å². The summed E-state index contributed by atoms with van der Waals surface area (Å²) in [5, 5.41) is 295. The monoisotopic (exact) mass is 2040 g/mol. The number of carbonyl (C=O) groups is 8. The molecule has 0 bridgehead atoms. The van der Waals surface area contributed by atoms with Crippen LogP contribution in [0.15, 0.2) is 12.2 Å². The lowest BCUT2D eigenvalue weighted by molar-refractivity contribution is -0.407. The molecule has 4 amide bonds. The van der Waals surface area contributed by atoms with E-state index in [-0.39, 0.29) is 6.42 Å². The summed E-state index contributed by atoms with van der Waals surface area (Å²) < 4.78 is 84.2. The summed E-state index contributed by atoms with van der Waals surface area (Å²) in [5.74, 6) is -24.3. The molecular weight excluding hydrogens is 1890 g/mol. The van der Waals surface area contributed by atoms with Crippen LogP contribution < -0.4 is 21.3 Å². The molecule has 0 aliphatic carbocycles. The molecule has 0 aromatic carbocycles. The first-order valence-electron chi connectivity index (χ1n) is 48.6.